The van der Waals surface area contributed by atoms with E-state index < -0.39 is 18.5 Å². The van der Waals surface area contributed by atoms with Crippen LogP contribution in [0.1, 0.15) is 23.2 Å². The molecule has 31 heavy (non-hydrogen) atoms. The molecule has 2 aromatic carbocycles. The molecular weight excluding hydrogens is 464 g/mol. The van der Waals surface area contributed by atoms with E-state index in [-0.39, 0.29) is 29.2 Å². The number of imide groups is 1. The summed E-state index contributed by atoms with van der Waals surface area (Å²) in [5, 5.41) is 2.63. The number of carbonyl (C=O) groups is 4. The van der Waals surface area contributed by atoms with Crippen LogP contribution in [0.3, 0.4) is 0 Å². The molecule has 2 atom stereocenters. The van der Waals surface area contributed by atoms with Gasteiger partial charge < -0.3 is 10.1 Å². The Morgan fingerprint density at radius 1 is 0.935 bits per heavy atom. The van der Waals surface area contributed by atoms with Gasteiger partial charge in [0, 0.05) is 10.2 Å². The molecule has 158 valence electrons. The predicted octanol–water partition coefficient (Wildman–Crippen LogP) is 3.70. The third-order valence-corrected chi connectivity index (χ3v) is 5.86. The first-order valence-electron chi connectivity index (χ1n) is 9.79. The van der Waals surface area contributed by atoms with Gasteiger partial charge in [-0.2, -0.15) is 0 Å². The molecule has 1 heterocycles. The minimum absolute atomic E-state index is 0.209. The van der Waals surface area contributed by atoms with E-state index in [1.807, 2.05) is 12.2 Å². The smallest absolute Gasteiger partial charge is 0.338 e. The lowest BCUT2D eigenvalue weighted by atomic mass is 9.85. The van der Waals surface area contributed by atoms with Crippen LogP contribution in [-0.4, -0.2) is 30.3 Å². The first-order chi connectivity index (χ1) is 14.9. The van der Waals surface area contributed by atoms with Crippen LogP contribution in [0.15, 0.2) is 65.2 Å². The zero-order valence-electron chi connectivity index (χ0n) is 16.4. The van der Waals surface area contributed by atoms with Gasteiger partial charge in [-0.25, -0.2) is 4.79 Å². The van der Waals surface area contributed by atoms with Crippen LogP contribution in [0.2, 0.25) is 0 Å². The zero-order valence-corrected chi connectivity index (χ0v) is 18.0. The summed E-state index contributed by atoms with van der Waals surface area (Å²) in [4.78, 5) is 50.7. The van der Waals surface area contributed by atoms with Crippen molar-refractivity contribution in [1.29, 1.82) is 0 Å². The van der Waals surface area contributed by atoms with Crippen LogP contribution >= 0.6 is 15.9 Å². The highest BCUT2D eigenvalue weighted by Gasteiger charge is 2.47. The van der Waals surface area contributed by atoms with Gasteiger partial charge in [0.1, 0.15) is 0 Å². The van der Waals surface area contributed by atoms with Crippen LogP contribution in [-0.2, 0) is 19.1 Å². The standard InChI is InChI=1S/C23H19BrN2O5/c24-15-7-9-16(10-8-15)25-20(27)13-31-23(30)14-5-11-17(12-6-14)26-21(28)18-3-1-2-4-19(18)22(26)29/h1-2,5-12,18-19H,3-4,13H2,(H,25,27)/t18-,19-/m0/s1. The summed E-state index contributed by atoms with van der Waals surface area (Å²) in [6, 6.07) is 13.0. The topological polar surface area (TPSA) is 92.8 Å². The number of carbonyl (C=O) groups excluding carboxylic acids is 4. The molecule has 0 unspecified atom stereocenters. The van der Waals surface area contributed by atoms with Gasteiger partial charge in [0.05, 0.1) is 23.1 Å². The number of anilines is 2. The molecule has 3 amide bonds. The van der Waals surface area contributed by atoms with Crippen molar-refractivity contribution in [2.24, 2.45) is 11.8 Å². The van der Waals surface area contributed by atoms with Crippen molar-refractivity contribution in [1.82, 2.24) is 0 Å². The number of halogens is 1. The normalized spacial score (nSPS) is 19.8. The fraction of sp³-hybridized carbons (Fsp3) is 0.217. The highest BCUT2D eigenvalue weighted by molar-refractivity contribution is 9.10. The van der Waals surface area contributed by atoms with E-state index in [0.717, 1.165) is 4.47 Å². The van der Waals surface area contributed by atoms with Gasteiger partial charge in [0.15, 0.2) is 6.61 Å². The Bertz CT molecular complexity index is 1040. The number of allylic oxidation sites excluding steroid dienone is 2. The summed E-state index contributed by atoms with van der Waals surface area (Å²) in [5.41, 5.74) is 1.23. The van der Waals surface area contributed by atoms with Crippen molar-refractivity contribution in [2.75, 3.05) is 16.8 Å². The molecule has 0 aromatic heterocycles. The van der Waals surface area contributed by atoms with Gasteiger partial charge >= 0.3 is 5.97 Å². The maximum atomic E-state index is 12.6. The number of nitrogens with one attached hydrogen (secondary N) is 1. The number of nitrogens with zero attached hydrogens (tertiary/aromatic N) is 1. The summed E-state index contributed by atoms with van der Waals surface area (Å²) >= 11 is 3.31. The van der Waals surface area contributed by atoms with Crippen LogP contribution in [0.5, 0.6) is 0 Å². The van der Waals surface area contributed by atoms with Gasteiger partial charge in [-0.05, 0) is 61.4 Å². The Kier molecular flexibility index (Phi) is 5.99. The maximum absolute atomic E-state index is 12.6. The Labute approximate surface area is 187 Å². The number of fused-ring (bicyclic) bond motifs is 1. The SMILES string of the molecule is O=C(COC(=O)c1ccc(N2C(=O)[C@H]3CC=CC[C@@H]3C2=O)cc1)Nc1ccc(Br)cc1. The number of esters is 1. The quantitative estimate of drug-likeness (QED) is 0.398. The minimum Gasteiger partial charge on any atom is -0.452 e. The van der Waals surface area contributed by atoms with E-state index in [4.69, 9.17) is 4.74 Å². The van der Waals surface area contributed by atoms with E-state index in [1.54, 1.807) is 36.4 Å². The summed E-state index contributed by atoms with van der Waals surface area (Å²) in [6.45, 7) is -0.434. The molecule has 1 fully saturated rings. The van der Waals surface area contributed by atoms with Crippen molar-refractivity contribution in [3.8, 4) is 0 Å². The molecule has 1 N–H and O–H groups in total. The monoisotopic (exact) mass is 482 g/mol. The van der Waals surface area contributed by atoms with Gasteiger partial charge in [-0.3, -0.25) is 19.3 Å². The fourth-order valence-corrected chi connectivity index (χ4v) is 4.01. The summed E-state index contributed by atoms with van der Waals surface area (Å²) in [5.74, 6) is -2.18. The lowest BCUT2D eigenvalue weighted by Crippen LogP contribution is -2.30. The number of benzene rings is 2. The van der Waals surface area contributed by atoms with E-state index >= 15 is 0 Å². The van der Waals surface area contributed by atoms with E-state index in [1.165, 1.54) is 17.0 Å². The molecule has 1 aliphatic carbocycles. The molecule has 8 heteroatoms. The molecule has 0 radical (unpaired) electrons. The largest absolute Gasteiger partial charge is 0.452 e. The summed E-state index contributed by atoms with van der Waals surface area (Å²) < 4.78 is 5.94. The van der Waals surface area contributed by atoms with Crippen LogP contribution in [0.25, 0.3) is 0 Å². The number of amides is 3. The maximum Gasteiger partial charge on any atom is 0.338 e. The van der Waals surface area contributed by atoms with E-state index in [9.17, 15) is 19.2 Å². The highest BCUT2D eigenvalue weighted by Crippen LogP contribution is 2.37. The zero-order chi connectivity index (χ0) is 22.0. The number of hydrogen-bond acceptors (Lipinski definition) is 5. The third kappa shape index (κ3) is 4.44. The Morgan fingerprint density at radius 2 is 1.52 bits per heavy atom. The first-order valence-corrected chi connectivity index (χ1v) is 10.6. The van der Waals surface area contributed by atoms with Crippen LogP contribution in [0.4, 0.5) is 11.4 Å². The summed E-state index contributed by atoms with van der Waals surface area (Å²) in [6.07, 6.45) is 5.00. The molecule has 1 saturated heterocycles. The van der Waals surface area contributed by atoms with Crippen molar-refractivity contribution >= 4 is 51.0 Å². The predicted molar refractivity (Wildman–Crippen MR) is 117 cm³/mol. The summed E-state index contributed by atoms with van der Waals surface area (Å²) in [7, 11) is 0. The van der Waals surface area contributed by atoms with Gasteiger partial charge in [0.25, 0.3) is 5.91 Å². The molecule has 2 aromatic rings. The number of rotatable bonds is 5. The Hall–Kier alpha value is -3.26. The van der Waals surface area contributed by atoms with Crippen molar-refractivity contribution in [3.63, 3.8) is 0 Å². The fourth-order valence-electron chi connectivity index (χ4n) is 3.75. The van der Waals surface area contributed by atoms with E-state index in [0.29, 0.717) is 24.2 Å². The molecule has 0 saturated carbocycles. The third-order valence-electron chi connectivity index (χ3n) is 5.33. The van der Waals surface area contributed by atoms with Crippen LogP contribution in [0, 0.1) is 11.8 Å². The molecule has 1 aliphatic heterocycles. The first kappa shape index (κ1) is 21.0. The second kappa shape index (κ2) is 8.85. The van der Waals surface area contributed by atoms with Gasteiger partial charge in [-0.1, -0.05) is 28.1 Å². The molecule has 2 aliphatic rings. The van der Waals surface area contributed by atoms with E-state index in [2.05, 4.69) is 21.2 Å². The van der Waals surface area contributed by atoms with Crippen molar-refractivity contribution < 1.29 is 23.9 Å². The lowest BCUT2D eigenvalue weighted by molar-refractivity contribution is -0.122. The van der Waals surface area contributed by atoms with Crippen molar-refractivity contribution in [3.05, 3.63) is 70.7 Å². The Morgan fingerprint density at radius 3 is 2.10 bits per heavy atom. The average molecular weight is 483 g/mol. The Balaban J connectivity index is 1.35. The van der Waals surface area contributed by atoms with Gasteiger partial charge in [0.2, 0.25) is 11.8 Å². The van der Waals surface area contributed by atoms with Gasteiger partial charge in [-0.15, -0.1) is 0 Å². The molecule has 7 nitrogen and oxygen atoms in total. The van der Waals surface area contributed by atoms with Crippen molar-refractivity contribution in [2.45, 2.75) is 12.8 Å². The molecular formula is C23H19BrN2O5. The second-order valence-electron chi connectivity index (χ2n) is 7.35. The minimum atomic E-state index is -0.672. The van der Waals surface area contributed by atoms with Crippen LogP contribution < -0.4 is 10.2 Å². The highest BCUT2D eigenvalue weighted by atomic mass is 79.9. The average Bonchev–Trinajstić information content (AvgIpc) is 3.04. The molecule has 0 spiro atoms. The molecule has 0 bridgehead atoms. The number of hydrogen-bond donors (Lipinski definition) is 1. The molecule has 4 rings (SSSR count). The second-order valence-corrected chi connectivity index (χ2v) is 8.26. The lowest BCUT2D eigenvalue weighted by Gasteiger charge is -2.15. The number of ether oxygens (including phenoxy) is 1.